The lowest BCUT2D eigenvalue weighted by molar-refractivity contribution is 0.251. The lowest BCUT2D eigenvalue weighted by atomic mass is 10.2. The van der Waals surface area contributed by atoms with Gasteiger partial charge in [-0.15, -0.1) is 0 Å². The van der Waals surface area contributed by atoms with E-state index in [1.807, 2.05) is 50.4 Å². The molecule has 0 bridgehead atoms. The predicted octanol–water partition coefficient (Wildman–Crippen LogP) is 2.60. The number of amides is 2. The van der Waals surface area contributed by atoms with Crippen LogP contribution in [0.1, 0.15) is 11.3 Å². The van der Waals surface area contributed by atoms with E-state index in [4.69, 9.17) is 0 Å². The molecule has 6 heteroatoms. The van der Waals surface area contributed by atoms with Crippen LogP contribution in [0.25, 0.3) is 11.0 Å². The maximum absolute atomic E-state index is 11.9. The monoisotopic (exact) mass is 295 g/mol. The fraction of sp³-hybridized carbons (Fsp3) is 0.188. The van der Waals surface area contributed by atoms with Crippen molar-refractivity contribution in [3.05, 3.63) is 53.9 Å². The number of urea groups is 1. The van der Waals surface area contributed by atoms with Crippen LogP contribution in [0.5, 0.6) is 0 Å². The Morgan fingerprint density at radius 1 is 1.27 bits per heavy atom. The number of nitrogens with zero attached hydrogens (tertiary/aromatic N) is 3. The van der Waals surface area contributed by atoms with Crippen LogP contribution >= 0.6 is 0 Å². The van der Waals surface area contributed by atoms with Crippen LogP contribution < -0.4 is 10.6 Å². The first-order valence-corrected chi connectivity index (χ1v) is 7.01. The quantitative estimate of drug-likeness (QED) is 0.780. The first kappa shape index (κ1) is 14.1. The van der Waals surface area contributed by atoms with E-state index in [0.717, 1.165) is 22.3 Å². The number of benzene rings is 1. The number of aromatic nitrogens is 3. The van der Waals surface area contributed by atoms with Gasteiger partial charge in [-0.1, -0.05) is 30.3 Å². The number of anilines is 1. The summed E-state index contributed by atoms with van der Waals surface area (Å²) in [5.41, 5.74) is 3.38. The molecular weight excluding hydrogens is 278 g/mol. The summed E-state index contributed by atoms with van der Waals surface area (Å²) in [4.78, 5) is 16.3. The summed E-state index contributed by atoms with van der Waals surface area (Å²) in [6, 6.07) is 11.4. The van der Waals surface area contributed by atoms with Gasteiger partial charge in [0.15, 0.2) is 5.65 Å². The van der Waals surface area contributed by atoms with Gasteiger partial charge in [-0.2, -0.15) is 5.10 Å². The number of carbonyl (C=O) groups excluding carboxylic acids is 1. The summed E-state index contributed by atoms with van der Waals surface area (Å²) in [6.45, 7) is 2.40. The Kier molecular flexibility index (Phi) is 3.74. The van der Waals surface area contributed by atoms with Crippen molar-refractivity contribution in [2.24, 2.45) is 7.05 Å². The molecule has 2 heterocycles. The van der Waals surface area contributed by atoms with Gasteiger partial charge in [0.2, 0.25) is 0 Å². The van der Waals surface area contributed by atoms with E-state index in [2.05, 4.69) is 20.7 Å². The lowest BCUT2D eigenvalue weighted by Crippen LogP contribution is -2.28. The molecule has 0 unspecified atom stereocenters. The maximum atomic E-state index is 11.9. The van der Waals surface area contributed by atoms with E-state index in [9.17, 15) is 4.79 Å². The van der Waals surface area contributed by atoms with Gasteiger partial charge >= 0.3 is 6.03 Å². The first-order valence-electron chi connectivity index (χ1n) is 7.01. The van der Waals surface area contributed by atoms with Gasteiger partial charge in [-0.25, -0.2) is 9.78 Å². The molecule has 3 aromatic rings. The SMILES string of the molecule is Cc1nn(C)c2ncc(NC(=O)NCc3ccccc3)cc12. The Hall–Kier alpha value is -2.89. The number of carbonyl (C=O) groups is 1. The van der Waals surface area contributed by atoms with E-state index < -0.39 is 0 Å². The van der Waals surface area contributed by atoms with Crippen molar-refractivity contribution >= 4 is 22.8 Å². The summed E-state index contributed by atoms with van der Waals surface area (Å²) in [5.74, 6) is 0. The molecule has 22 heavy (non-hydrogen) atoms. The van der Waals surface area contributed by atoms with Crippen molar-refractivity contribution < 1.29 is 4.79 Å². The molecule has 0 spiro atoms. The average molecular weight is 295 g/mol. The number of rotatable bonds is 3. The molecule has 0 aliphatic carbocycles. The highest BCUT2D eigenvalue weighted by Gasteiger charge is 2.08. The van der Waals surface area contributed by atoms with Crippen LogP contribution in [0.15, 0.2) is 42.6 Å². The number of hydrogen-bond acceptors (Lipinski definition) is 3. The van der Waals surface area contributed by atoms with Gasteiger partial charge in [0.05, 0.1) is 17.6 Å². The zero-order valence-electron chi connectivity index (χ0n) is 12.5. The Morgan fingerprint density at radius 2 is 2.05 bits per heavy atom. The average Bonchev–Trinajstić information content (AvgIpc) is 2.81. The fourth-order valence-corrected chi connectivity index (χ4v) is 2.33. The Balaban J connectivity index is 1.67. The van der Waals surface area contributed by atoms with Crippen molar-refractivity contribution in [3.8, 4) is 0 Å². The van der Waals surface area contributed by atoms with Gasteiger partial charge in [0.1, 0.15) is 0 Å². The van der Waals surface area contributed by atoms with E-state index >= 15 is 0 Å². The van der Waals surface area contributed by atoms with E-state index in [0.29, 0.717) is 12.2 Å². The molecule has 0 saturated heterocycles. The van der Waals surface area contributed by atoms with Gasteiger partial charge < -0.3 is 10.6 Å². The minimum atomic E-state index is -0.258. The summed E-state index contributed by atoms with van der Waals surface area (Å²) in [6.07, 6.45) is 1.63. The Labute approximate surface area is 128 Å². The highest BCUT2D eigenvalue weighted by molar-refractivity contribution is 5.91. The molecule has 6 nitrogen and oxygen atoms in total. The van der Waals surface area contributed by atoms with Gasteiger partial charge in [-0.3, -0.25) is 4.68 Å². The molecule has 2 N–H and O–H groups in total. The van der Waals surface area contributed by atoms with Crippen LogP contribution in [-0.4, -0.2) is 20.8 Å². The largest absolute Gasteiger partial charge is 0.334 e. The highest BCUT2D eigenvalue weighted by atomic mass is 16.2. The normalized spacial score (nSPS) is 10.6. The van der Waals surface area contributed by atoms with Crippen molar-refractivity contribution in [1.82, 2.24) is 20.1 Å². The topological polar surface area (TPSA) is 71.8 Å². The molecule has 0 saturated carbocycles. The molecule has 0 atom stereocenters. The van der Waals surface area contributed by atoms with Gasteiger partial charge in [-0.05, 0) is 18.6 Å². The van der Waals surface area contributed by atoms with E-state index in [-0.39, 0.29) is 6.03 Å². The van der Waals surface area contributed by atoms with Crippen LogP contribution in [0.2, 0.25) is 0 Å². The van der Waals surface area contributed by atoms with Crippen molar-refractivity contribution in [2.75, 3.05) is 5.32 Å². The number of nitrogens with one attached hydrogen (secondary N) is 2. The van der Waals surface area contributed by atoms with E-state index in [1.165, 1.54) is 0 Å². The van der Waals surface area contributed by atoms with Crippen molar-refractivity contribution in [1.29, 1.82) is 0 Å². The number of pyridine rings is 1. The molecule has 0 fully saturated rings. The van der Waals surface area contributed by atoms with Crippen LogP contribution in [-0.2, 0) is 13.6 Å². The van der Waals surface area contributed by atoms with E-state index in [1.54, 1.807) is 10.9 Å². The minimum absolute atomic E-state index is 0.258. The highest BCUT2D eigenvalue weighted by Crippen LogP contribution is 2.19. The third kappa shape index (κ3) is 2.90. The van der Waals surface area contributed by atoms with Crippen molar-refractivity contribution in [3.63, 3.8) is 0 Å². The molecule has 2 aromatic heterocycles. The fourth-order valence-electron chi connectivity index (χ4n) is 2.33. The summed E-state index contributed by atoms with van der Waals surface area (Å²) < 4.78 is 1.73. The Morgan fingerprint density at radius 3 is 2.82 bits per heavy atom. The zero-order valence-corrected chi connectivity index (χ0v) is 12.5. The predicted molar refractivity (Wildman–Crippen MR) is 85.5 cm³/mol. The number of fused-ring (bicyclic) bond motifs is 1. The first-order chi connectivity index (χ1) is 10.6. The molecule has 112 valence electrons. The van der Waals surface area contributed by atoms with Gasteiger partial charge in [0.25, 0.3) is 0 Å². The summed E-state index contributed by atoms with van der Waals surface area (Å²) in [7, 11) is 1.85. The molecule has 2 amide bonds. The number of hydrogen-bond donors (Lipinski definition) is 2. The molecule has 3 rings (SSSR count). The second-order valence-electron chi connectivity index (χ2n) is 5.10. The molecule has 0 aliphatic rings. The third-order valence-electron chi connectivity index (χ3n) is 3.42. The smallest absolute Gasteiger partial charge is 0.319 e. The summed E-state index contributed by atoms with van der Waals surface area (Å²) >= 11 is 0. The second-order valence-corrected chi connectivity index (χ2v) is 5.10. The Bertz CT molecular complexity index is 810. The lowest BCUT2D eigenvalue weighted by Gasteiger charge is -2.07. The van der Waals surface area contributed by atoms with Crippen LogP contribution in [0, 0.1) is 6.92 Å². The standard InChI is InChI=1S/C16H17N5O/c1-11-14-8-13(10-17-15(14)21(2)20-11)19-16(22)18-9-12-6-4-3-5-7-12/h3-8,10H,9H2,1-2H3,(H2,18,19,22). The van der Waals surface area contributed by atoms with Crippen molar-refractivity contribution in [2.45, 2.75) is 13.5 Å². The molecule has 1 aromatic carbocycles. The summed E-state index contributed by atoms with van der Waals surface area (Å²) in [5, 5.41) is 10.9. The molecular formula is C16H17N5O. The minimum Gasteiger partial charge on any atom is -0.334 e. The second kappa shape index (κ2) is 5.85. The zero-order chi connectivity index (χ0) is 15.5. The third-order valence-corrected chi connectivity index (χ3v) is 3.42. The molecule has 0 aliphatic heterocycles. The molecule has 0 radical (unpaired) electrons. The van der Waals surface area contributed by atoms with Gasteiger partial charge in [0, 0.05) is 19.0 Å². The van der Waals surface area contributed by atoms with Crippen LogP contribution in [0.3, 0.4) is 0 Å². The maximum Gasteiger partial charge on any atom is 0.319 e. The number of aryl methyl sites for hydroxylation is 2. The van der Waals surface area contributed by atoms with Crippen LogP contribution in [0.4, 0.5) is 10.5 Å².